The summed E-state index contributed by atoms with van der Waals surface area (Å²) in [7, 11) is -3.17. The number of esters is 1. The number of nitrogens with one attached hydrogen (secondary N) is 1. The summed E-state index contributed by atoms with van der Waals surface area (Å²) in [4.78, 5) is 26.8. The molecule has 1 N–H and O–H groups in total. The van der Waals surface area contributed by atoms with E-state index in [1.54, 1.807) is 13.8 Å². The van der Waals surface area contributed by atoms with Crippen molar-refractivity contribution in [3.05, 3.63) is 47.2 Å². The summed E-state index contributed by atoms with van der Waals surface area (Å²) in [5, 5.41) is 2.84. The fourth-order valence-corrected chi connectivity index (χ4v) is 5.24. The summed E-state index contributed by atoms with van der Waals surface area (Å²) >= 11 is 0. The van der Waals surface area contributed by atoms with E-state index >= 15 is 0 Å². The lowest BCUT2D eigenvalue weighted by atomic mass is 9.94. The third kappa shape index (κ3) is 3.46. The predicted octanol–water partition coefficient (Wildman–Crippen LogP) is 1.78. The molecule has 1 aromatic rings. The number of ether oxygens (including phenoxy) is 1. The molecule has 0 aromatic heterocycles. The Morgan fingerprint density at radius 3 is 2.58 bits per heavy atom. The fourth-order valence-electron chi connectivity index (χ4n) is 3.54. The Balaban J connectivity index is 2.05. The van der Waals surface area contributed by atoms with Crippen molar-refractivity contribution in [2.75, 3.05) is 18.1 Å². The predicted molar refractivity (Wildman–Crippen MR) is 95.9 cm³/mol. The summed E-state index contributed by atoms with van der Waals surface area (Å²) in [5.74, 6) is -0.556. The van der Waals surface area contributed by atoms with E-state index in [1.165, 1.54) is 4.90 Å². The SMILES string of the molecule is CCOC(=O)C1=C(C)N([C@H]2CCS(=O)(=O)C2)C(=O)N[C@@H]1c1ccccc1. The monoisotopic (exact) mass is 378 g/mol. The van der Waals surface area contributed by atoms with E-state index in [1.807, 2.05) is 30.3 Å². The zero-order chi connectivity index (χ0) is 18.9. The Morgan fingerprint density at radius 1 is 1.31 bits per heavy atom. The second kappa shape index (κ2) is 7.11. The van der Waals surface area contributed by atoms with Crippen molar-refractivity contribution in [1.82, 2.24) is 10.2 Å². The number of allylic oxidation sites excluding steroid dienone is 1. The molecule has 2 amide bonds. The highest BCUT2D eigenvalue weighted by molar-refractivity contribution is 7.91. The number of hydrogen-bond acceptors (Lipinski definition) is 5. The molecule has 0 aliphatic carbocycles. The van der Waals surface area contributed by atoms with Crippen LogP contribution in [0.3, 0.4) is 0 Å². The Bertz CT molecular complexity index is 848. The van der Waals surface area contributed by atoms with Gasteiger partial charge in [-0.15, -0.1) is 0 Å². The molecule has 2 aliphatic heterocycles. The molecular weight excluding hydrogens is 356 g/mol. The Labute approximate surface area is 152 Å². The van der Waals surface area contributed by atoms with Crippen molar-refractivity contribution in [2.45, 2.75) is 32.4 Å². The molecule has 140 valence electrons. The van der Waals surface area contributed by atoms with Crippen LogP contribution in [0.5, 0.6) is 0 Å². The minimum Gasteiger partial charge on any atom is -0.463 e. The van der Waals surface area contributed by atoms with Gasteiger partial charge < -0.3 is 10.1 Å². The van der Waals surface area contributed by atoms with Gasteiger partial charge in [-0.05, 0) is 25.8 Å². The lowest BCUT2D eigenvalue weighted by Crippen LogP contribution is -2.52. The highest BCUT2D eigenvalue weighted by Gasteiger charge is 2.42. The number of carbonyl (C=O) groups excluding carboxylic acids is 2. The van der Waals surface area contributed by atoms with Crippen molar-refractivity contribution < 1.29 is 22.7 Å². The second-order valence-corrected chi connectivity index (χ2v) is 8.67. The molecule has 1 saturated heterocycles. The van der Waals surface area contributed by atoms with Gasteiger partial charge in [0, 0.05) is 5.70 Å². The number of carbonyl (C=O) groups is 2. The molecular formula is C18H22N2O5S. The van der Waals surface area contributed by atoms with E-state index in [2.05, 4.69) is 5.32 Å². The Morgan fingerprint density at radius 2 is 2.00 bits per heavy atom. The summed E-state index contributed by atoms with van der Waals surface area (Å²) in [5.41, 5.74) is 1.55. The molecule has 2 aliphatic rings. The molecule has 0 bridgehead atoms. The van der Waals surface area contributed by atoms with Gasteiger partial charge in [-0.3, -0.25) is 4.90 Å². The molecule has 7 nitrogen and oxygen atoms in total. The van der Waals surface area contributed by atoms with E-state index < -0.39 is 33.9 Å². The van der Waals surface area contributed by atoms with Crippen molar-refractivity contribution in [3.8, 4) is 0 Å². The average molecular weight is 378 g/mol. The number of amides is 2. The first-order chi connectivity index (χ1) is 12.3. The van der Waals surface area contributed by atoms with Crippen LogP contribution in [0, 0.1) is 0 Å². The lowest BCUT2D eigenvalue weighted by Gasteiger charge is -2.38. The molecule has 1 aromatic carbocycles. The third-order valence-electron chi connectivity index (χ3n) is 4.73. The van der Waals surface area contributed by atoms with Crippen LogP contribution in [-0.2, 0) is 19.4 Å². The molecule has 0 spiro atoms. The molecule has 3 rings (SSSR count). The minimum atomic E-state index is -3.17. The smallest absolute Gasteiger partial charge is 0.338 e. The van der Waals surface area contributed by atoms with Crippen LogP contribution >= 0.6 is 0 Å². The first-order valence-corrected chi connectivity index (χ1v) is 10.4. The number of rotatable bonds is 4. The maximum atomic E-state index is 12.7. The molecule has 2 heterocycles. The quantitative estimate of drug-likeness (QED) is 0.806. The summed E-state index contributed by atoms with van der Waals surface area (Å²) in [6, 6.07) is 7.67. The first-order valence-electron chi connectivity index (χ1n) is 8.57. The van der Waals surface area contributed by atoms with Crippen molar-refractivity contribution >= 4 is 21.8 Å². The molecule has 2 atom stereocenters. The second-order valence-electron chi connectivity index (χ2n) is 6.44. The molecule has 0 radical (unpaired) electrons. The number of sulfone groups is 1. The normalized spacial score (nSPS) is 25.2. The zero-order valence-corrected chi connectivity index (χ0v) is 15.6. The topological polar surface area (TPSA) is 92.8 Å². The molecule has 0 saturated carbocycles. The van der Waals surface area contributed by atoms with Gasteiger partial charge in [0.25, 0.3) is 0 Å². The summed E-state index contributed by atoms with van der Waals surface area (Å²) < 4.78 is 28.9. The Kier molecular flexibility index (Phi) is 5.04. The van der Waals surface area contributed by atoms with Gasteiger partial charge in [0.2, 0.25) is 0 Å². The number of benzene rings is 1. The molecule has 26 heavy (non-hydrogen) atoms. The molecule has 8 heteroatoms. The van der Waals surface area contributed by atoms with Gasteiger partial charge in [0.15, 0.2) is 9.84 Å². The van der Waals surface area contributed by atoms with Crippen LogP contribution in [0.1, 0.15) is 31.9 Å². The van der Waals surface area contributed by atoms with Gasteiger partial charge in [0.1, 0.15) is 0 Å². The maximum Gasteiger partial charge on any atom is 0.338 e. The number of urea groups is 1. The van der Waals surface area contributed by atoms with Crippen LogP contribution in [0.4, 0.5) is 4.79 Å². The van der Waals surface area contributed by atoms with Crippen LogP contribution < -0.4 is 5.32 Å². The maximum absolute atomic E-state index is 12.7. The average Bonchev–Trinajstić information content (AvgIpc) is 2.94. The van der Waals surface area contributed by atoms with Gasteiger partial charge in [0.05, 0.1) is 35.8 Å². The molecule has 0 unspecified atom stereocenters. The van der Waals surface area contributed by atoms with Crippen molar-refractivity contribution in [2.24, 2.45) is 0 Å². The van der Waals surface area contributed by atoms with Crippen molar-refractivity contribution in [1.29, 1.82) is 0 Å². The van der Waals surface area contributed by atoms with E-state index in [-0.39, 0.29) is 18.1 Å². The zero-order valence-electron chi connectivity index (χ0n) is 14.8. The standard InChI is InChI=1S/C18H22N2O5S/c1-3-25-17(21)15-12(2)20(14-9-10-26(23,24)11-14)18(22)19-16(15)13-7-5-4-6-8-13/h4-8,14,16H,3,9-11H2,1-2H3,(H,19,22)/t14-,16+/m0/s1. The van der Waals surface area contributed by atoms with E-state index in [0.29, 0.717) is 17.7 Å². The number of nitrogens with zero attached hydrogens (tertiary/aromatic N) is 1. The van der Waals surface area contributed by atoms with Crippen LogP contribution in [0.15, 0.2) is 41.6 Å². The van der Waals surface area contributed by atoms with E-state index in [9.17, 15) is 18.0 Å². The highest BCUT2D eigenvalue weighted by atomic mass is 32.2. The van der Waals surface area contributed by atoms with Gasteiger partial charge in [-0.2, -0.15) is 0 Å². The van der Waals surface area contributed by atoms with E-state index in [0.717, 1.165) is 5.56 Å². The van der Waals surface area contributed by atoms with Crippen LogP contribution in [0.2, 0.25) is 0 Å². The fraction of sp³-hybridized carbons (Fsp3) is 0.444. The van der Waals surface area contributed by atoms with Gasteiger partial charge >= 0.3 is 12.0 Å². The Hall–Kier alpha value is -2.35. The summed E-state index contributed by atoms with van der Waals surface area (Å²) in [6.07, 6.45) is 0.360. The largest absolute Gasteiger partial charge is 0.463 e. The van der Waals surface area contributed by atoms with Gasteiger partial charge in [-0.25, -0.2) is 18.0 Å². The van der Waals surface area contributed by atoms with Crippen LogP contribution in [0.25, 0.3) is 0 Å². The third-order valence-corrected chi connectivity index (χ3v) is 6.48. The highest BCUT2D eigenvalue weighted by Crippen LogP contribution is 2.34. The number of hydrogen-bond donors (Lipinski definition) is 1. The molecule has 1 fully saturated rings. The van der Waals surface area contributed by atoms with E-state index in [4.69, 9.17) is 4.74 Å². The first kappa shape index (κ1) is 18.4. The minimum absolute atomic E-state index is 0.0472. The van der Waals surface area contributed by atoms with Crippen molar-refractivity contribution in [3.63, 3.8) is 0 Å². The van der Waals surface area contributed by atoms with Crippen LogP contribution in [-0.4, -0.2) is 49.5 Å². The van der Waals surface area contributed by atoms with Gasteiger partial charge in [-0.1, -0.05) is 30.3 Å². The summed E-state index contributed by atoms with van der Waals surface area (Å²) in [6.45, 7) is 3.60. The lowest BCUT2D eigenvalue weighted by molar-refractivity contribution is -0.139.